The van der Waals surface area contributed by atoms with Crippen LogP contribution in [0.25, 0.3) is 11.3 Å². The number of piperidine rings is 1. The van der Waals surface area contributed by atoms with E-state index >= 15 is 0 Å². The molecule has 0 aliphatic carbocycles. The summed E-state index contributed by atoms with van der Waals surface area (Å²) in [4.78, 5) is 30.6. The van der Waals surface area contributed by atoms with Crippen LogP contribution >= 0.6 is 23.2 Å². The number of carbonyl (C=O) groups is 2. The fraction of sp³-hybridized carbons (Fsp3) is 0.476. The summed E-state index contributed by atoms with van der Waals surface area (Å²) in [6, 6.07) is 5.16. The number of rotatable bonds is 7. The quantitative estimate of drug-likeness (QED) is 0.698. The zero-order chi connectivity index (χ0) is 20.8. The van der Waals surface area contributed by atoms with Crippen molar-refractivity contribution in [2.45, 2.75) is 39.0 Å². The largest absolute Gasteiger partial charge is 0.441 e. The van der Waals surface area contributed by atoms with Crippen molar-refractivity contribution in [1.29, 1.82) is 0 Å². The number of carbonyl (C=O) groups excluding carboxylic acids is 2. The van der Waals surface area contributed by atoms with Gasteiger partial charge < -0.3 is 14.6 Å². The van der Waals surface area contributed by atoms with E-state index in [-0.39, 0.29) is 17.7 Å². The van der Waals surface area contributed by atoms with E-state index in [1.54, 1.807) is 24.4 Å². The van der Waals surface area contributed by atoms with Gasteiger partial charge in [-0.05, 0) is 37.5 Å². The lowest BCUT2D eigenvalue weighted by Crippen LogP contribution is -2.43. The lowest BCUT2D eigenvalue weighted by Gasteiger charge is -2.31. The Hall–Kier alpha value is -2.05. The Bertz CT molecular complexity index is 861. The summed E-state index contributed by atoms with van der Waals surface area (Å²) in [5, 5.41) is 3.98. The van der Waals surface area contributed by atoms with Crippen LogP contribution in [0.3, 0.4) is 0 Å². The van der Waals surface area contributed by atoms with Gasteiger partial charge in [-0.2, -0.15) is 0 Å². The molecule has 6 nitrogen and oxygen atoms in total. The van der Waals surface area contributed by atoms with E-state index < -0.39 is 0 Å². The van der Waals surface area contributed by atoms with Crippen LogP contribution in [0.2, 0.25) is 10.0 Å². The summed E-state index contributed by atoms with van der Waals surface area (Å²) in [5.41, 5.74) is 0.713. The number of hydrogen-bond donors (Lipinski definition) is 1. The van der Waals surface area contributed by atoms with Gasteiger partial charge in [0.2, 0.25) is 11.8 Å². The van der Waals surface area contributed by atoms with Crippen molar-refractivity contribution in [2.75, 3.05) is 19.6 Å². The molecule has 3 rings (SSSR count). The van der Waals surface area contributed by atoms with Crippen LogP contribution in [0.5, 0.6) is 0 Å². The van der Waals surface area contributed by atoms with Gasteiger partial charge in [-0.25, -0.2) is 4.98 Å². The Morgan fingerprint density at radius 3 is 2.72 bits per heavy atom. The van der Waals surface area contributed by atoms with E-state index in [1.165, 1.54) is 0 Å². The molecule has 29 heavy (non-hydrogen) atoms. The third-order valence-corrected chi connectivity index (χ3v) is 5.62. The fourth-order valence-electron chi connectivity index (χ4n) is 3.40. The highest BCUT2D eigenvalue weighted by atomic mass is 35.5. The van der Waals surface area contributed by atoms with Gasteiger partial charge in [-0.3, -0.25) is 9.59 Å². The standard InChI is InChI=1S/C21H25Cl2N3O3/c1-2-9-24-21(28)14-7-10-26(11-8-14)20(27)6-5-19-25-13-18(29-19)16-4-3-15(22)12-17(16)23/h3-4,12-14H,2,5-11H2,1H3,(H,24,28). The molecule has 1 N–H and O–H groups in total. The molecule has 1 saturated heterocycles. The number of nitrogens with one attached hydrogen (secondary N) is 1. The second-order valence-electron chi connectivity index (χ2n) is 7.19. The number of nitrogens with zero attached hydrogens (tertiary/aromatic N) is 2. The molecule has 2 heterocycles. The molecule has 0 saturated carbocycles. The average molecular weight is 438 g/mol. The van der Waals surface area contributed by atoms with E-state index in [0.29, 0.717) is 72.6 Å². The number of aromatic nitrogens is 1. The number of oxazole rings is 1. The average Bonchev–Trinajstić information content (AvgIpc) is 3.19. The summed E-state index contributed by atoms with van der Waals surface area (Å²) >= 11 is 12.1. The molecule has 0 radical (unpaired) electrons. The zero-order valence-electron chi connectivity index (χ0n) is 16.4. The predicted molar refractivity (Wildman–Crippen MR) is 113 cm³/mol. The van der Waals surface area contributed by atoms with Crippen LogP contribution in [-0.2, 0) is 16.0 Å². The maximum atomic E-state index is 12.5. The van der Waals surface area contributed by atoms with Crippen LogP contribution in [0, 0.1) is 5.92 Å². The number of halogens is 2. The summed E-state index contributed by atoms with van der Waals surface area (Å²) in [7, 11) is 0. The van der Waals surface area contributed by atoms with Gasteiger partial charge in [-0.15, -0.1) is 0 Å². The van der Waals surface area contributed by atoms with Crippen molar-refractivity contribution in [3.05, 3.63) is 40.3 Å². The van der Waals surface area contributed by atoms with E-state index in [9.17, 15) is 9.59 Å². The van der Waals surface area contributed by atoms with Gasteiger partial charge >= 0.3 is 0 Å². The van der Waals surface area contributed by atoms with Crippen LogP contribution in [0.1, 0.15) is 38.5 Å². The Labute approximate surface area is 180 Å². The van der Waals surface area contributed by atoms with E-state index in [1.807, 2.05) is 11.8 Å². The molecule has 1 aromatic heterocycles. The molecule has 2 aromatic rings. The van der Waals surface area contributed by atoms with Gasteiger partial charge in [-0.1, -0.05) is 30.1 Å². The van der Waals surface area contributed by atoms with Crippen molar-refractivity contribution in [3.63, 3.8) is 0 Å². The predicted octanol–water partition coefficient (Wildman–Crippen LogP) is 4.35. The molecule has 1 aliphatic rings. The number of hydrogen-bond acceptors (Lipinski definition) is 4. The molecule has 156 valence electrons. The molecule has 0 atom stereocenters. The minimum absolute atomic E-state index is 0.00372. The molecule has 1 aromatic carbocycles. The van der Waals surface area contributed by atoms with Crippen molar-refractivity contribution < 1.29 is 14.0 Å². The molecule has 8 heteroatoms. The number of likely N-dealkylation sites (tertiary alicyclic amines) is 1. The molecule has 2 amide bonds. The van der Waals surface area contributed by atoms with Crippen LogP contribution in [0.15, 0.2) is 28.8 Å². The maximum absolute atomic E-state index is 12.5. The van der Waals surface area contributed by atoms with E-state index in [4.69, 9.17) is 27.6 Å². The minimum Gasteiger partial charge on any atom is -0.441 e. The number of benzene rings is 1. The van der Waals surface area contributed by atoms with Crippen LogP contribution in [-0.4, -0.2) is 41.3 Å². The minimum atomic E-state index is 0.00372. The van der Waals surface area contributed by atoms with Crippen molar-refractivity contribution in [2.24, 2.45) is 5.92 Å². The third-order valence-electron chi connectivity index (χ3n) is 5.07. The Morgan fingerprint density at radius 2 is 2.03 bits per heavy atom. The first-order chi connectivity index (χ1) is 14.0. The summed E-state index contributed by atoms with van der Waals surface area (Å²) in [5.74, 6) is 1.21. The highest BCUT2D eigenvalue weighted by Gasteiger charge is 2.27. The molecule has 1 fully saturated rings. The van der Waals surface area contributed by atoms with Crippen molar-refractivity contribution in [1.82, 2.24) is 15.2 Å². The van der Waals surface area contributed by atoms with Gasteiger partial charge in [0.15, 0.2) is 11.7 Å². The van der Waals surface area contributed by atoms with E-state index in [0.717, 1.165) is 6.42 Å². The smallest absolute Gasteiger partial charge is 0.223 e. The molecule has 0 bridgehead atoms. The van der Waals surface area contributed by atoms with Crippen molar-refractivity contribution in [3.8, 4) is 11.3 Å². The van der Waals surface area contributed by atoms with Crippen molar-refractivity contribution >= 4 is 35.0 Å². The molecule has 0 unspecified atom stereocenters. The Balaban J connectivity index is 1.48. The second kappa shape index (κ2) is 10.1. The summed E-state index contributed by atoms with van der Waals surface area (Å²) < 4.78 is 5.75. The SMILES string of the molecule is CCCNC(=O)C1CCN(C(=O)CCc2ncc(-c3ccc(Cl)cc3Cl)o2)CC1. The molecular weight excluding hydrogens is 413 g/mol. The van der Waals surface area contributed by atoms with Gasteiger partial charge in [0.1, 0.15) is 0 Å². The molecule has 0 spiro atoms. The highest BCUT2D eigenvalue weighted by Crippen LogP contribution is 2.31. The van der Waals surface area contributed by atoms with Crippen LogP contribution < -0.4 is 5.32 Å². The first-order valence-corrected chi connectivity index (χ1v) is 10.7. The number of aryl methyl sites for hydroxylation is 1. The number of amides is 2. The Kier molecular flexibility index (Phi) is 7.56. The first kappa shape index (κ1) is 21.7. The lowest BCUT2D eigenvalue weighted by molar-refractivity contribution is -0.135. The van der Waals surface area contributed by atoms with Gasteiger partial charge in [0.05, 0.1) is 11.2 Å². The molecular formula is C21H25Cl2N3O3. The van der Waals surface area contributed by atoms with E-state index in [2.05, 4.69) is 10.3 Å². The zero-order valence-corrected chi connectivity index (χ0v) is 17.9. The van der Waals surface area contributed by atoms with Gasteiger partial charge in [0.25, 0.3) is 0 Å². The Morgan fingerprint density at radius 1 is 1.28 bits per heavy atom. The summed E-state index contributed by atoms with van der Waals surface area (Å²) in [6.07, 6.45) is 4.69. The molecule has 1 aliphatic heterocycles. The first-order valence-electron chi connectivity index (χ1n) is 9.93. The lowest BCUT2D eigenvalue weighted by atomic mass is 9.95. The third kappa shape index (κ3) is 5.73. The van der Waals surface area contributed by atoms with Crippen LogP contribution in [0.4, 0.5) is 0 Å². The maximum Gasteiger partial charge on any atom is 0.223 e. The monoisotopic (exact) mass is 437 g/mol. The fourth-order valence-corrected chi connectivity index (χ4v) is 3.90. The van der Waals surface area contributed by atoms with Gasteiger partial charge in [0, 0.05) is 49.0 Å². The normalized spacial score (nSPS) is 14.8. The topological polar surface area (TPSA) is 75.4 Å². The highest BCUT2D eigenvalue weighted by molar-refractivity contribution is 6.36. The summed E-state index contributed by atoms with van der Waals surface area (Å²) in [6.45, 7) is 3.96. The second-order valence-corrected chi connectivity index (χ2v) is 8.03.